The molecular formula is C6H7N3O5. The summed E-state index contributed by atoms with van der Waals surface area (Å²) in [5.74, 6) is -1.44. The quantitative estimate of drug-likeness (QED) is 0.436. The summed E-state index contributed by atoms with van der Waals surface area (Å²) in [6.45, 7) is 0. The highest BCUT2D eigenvalue weighted by Crippen LogP contribution is 2.15. The molecule has 0 aliphatic heterocycles. The van der Waals surface area contributed by atoms with E-state index in [4.69, 9.17) is 10.2 Å². The molecule has 0 fully saturated rings. The summed E-state index contributed by atoms with van der Waals surface area (Å²) < 4.78 is 0. The predicted molar refractivity (Wildman–Crippen MR) is 42.6 cm³/mol. The van der Waals surface area contributed by atoms with Gasteiger partial charge in [0.2, 0.25) is 0 Å². The van der Waals surface area contributed by atoms with Crippen molar-refractivity contribution in [2.24, 2.45) is 0 Å². The van der Waals surface area contributed by atoms with Crippen molar-refractivity contribution in [1.82, 2.24) is 10.2 Å². The number of aliphatic hydroxyl groups is 1. The summed E-state index contributed by atoms with van der Waals surface area (Å²) in [5.41, 5.74) is -0.338. The molecule has 1 unspecified atom stereocenters. The molecule has 76 valence electrons. The Labute approximate surface area is 77.3 Å². The van der Waals surface area contributed by atoms with Gasteiger partial charge in [0, 0.05) is 6.42 Å². The average molecular weight is 201 g/mol. The number of rotatable bonds is 4. The molecule has 0 spiro atoms. The molecule has 3 N–H and O–H groups in total. The maximum absolute atomic E-state index is 10.4. The van der Waals surface area contributed by atoms with Crippen LogP contribution in [0.1, 0.15) is 5.69 Å². The first-order valence-corrected chi connectivity index (χ1v) is 3.60. The standard InChI is InChI=1S/C6H7N3O5/c10-5(6(11)12)1-3-4(9(13)14)2-7-8-3/h2,5,10H,1H2,(H,7,8)(H,11,12). The van der Waals surface area contributed by atoms with Gasteiger partial charge in [-0.15, -0.1) is 0 Å². The minimum atomic E-state index is -1.67. The van der Waals surface area contributed by atoms with Gasteiger partial charge in [0.05, 0.1) is 4.92 Å². The van der Waals surface area contributed by atoms with Crippen LogP contribution in [0, 0.1) is 10.1 Å². The summed E-state index contributed by atoms with van der Waals surface area (Å²) >= 11 is 0. The Bertz CT molecular complexity index is 360. The Morgan fingerprint density at radius 1 is 1.79 bits per heavy atom. The number of aromatic amines is 1. The van der Waals surface area contributed by atoms with E-state index in [0.717, 1.165) is 6.20 Å². The van der Waals surface area contributed by atoms with Crippen molar-refractivity contribution >= 4 is 11.7 Å². The van der Waals surface area contributed by atoms with Crippen LogP contribution in [0.2, 0.25) is 0 Å². The zero-order valence-electron chi connectivity index (χ0n) is 6.88. The normalized spacial score (nSPS) is 12.4. The van der Waals surface area contributed by atoms with Crippen LogP contribution in [0.15, 0.2) is 6.20 Å². The summed E-state index contributed by atoms with van der Waals surface area (Å²) in [6.07, 6.45) is -1.08. The first-order valence-electron chi connectivity index (χ1n) is 3.60. The van der Waals surface area contributed by atoms with Crippen molar-refractivity contribution in [3.8, 4) is 0 Å². The van der Waals surface area contributed by atoms with Crippen molar-refractivity contribution < 1.29 is 19.9 Å². The van der Waals surface area contributed by atoms with Crippen molar-refractivity contribution in [3.05, 3.63) is 22.0 Å². The van der Waals surface area contributed by atoms with Crippen LogP contribution in [0.5, 0.6) is 0 Å². The van der Waals surface area contributed by atoms with Crippen LogP contribution in [0.25, 0.3) is 0 Å². The fraction of sp³-hybridized carbons (Fsp3) is 0.333. The van der Waals surface area contributed by atoms with Gasteiger partial charge in [-0.2, -0.15) is 5.10 Å². The Balaban J connectivity index is 2.81. The maximum atomic E-state index is 10.4. The molecule has 0 amide bonds. The third-order valence-corrected chi connectivity index (χ3v) is 1.57. The molecule has 1 rings (SSSR count). The van der Waals surface area contributed by atoms with Gasteiger partial charge in [0.1, 0.15) is 11.9 Å². The lowest BCUT2D eigenvalue weighted by molar-refractivity contribution is -0.385. The fourth-order valence-corrected chi connectivity index (χ4v) is 0.895. The number of aliphatic carboxylic acids is 1. The summed E-state index contributed by atoms with van der Waals surface area (Å²) in [6, 6.07) is 0. The SMILES string of the molecule is O=C(O)C(O)Cc1[nH]ncc1[N+](=O)[O-]. The zero-order chi connectivity index (χ0) is 10.7. The third kappa shape index (κ3) is 2.04. The van der Waals surface area contributed by atoms with E-state index in [2.05, 4.69) is 10.2 Å². The van der Waals surface area contributed by atoms with Gasteiger partial charge in [0.15, 0.2) is 6.10 Å². The van der Waals surface area contributed by atoms with E-state index < -0.39 is 17.0 Å². The molecule has 8 heteroatoms. The van der Waals surface area contributed by atoms with E-state index in [1.54, 1.807) is 0 Å². The molecule has 0 saturated carbocycles. The number of H-pyrrole nitrogens is 1. The van der Waals surface area contributed by atoms with E-state index in [1.807, 2.05) is 0 Å². The molecule has 14 heavy (non-hydrogen) atoms. The number of carboxylic acid groups (broad SMARTS) is 1. The van der Waals surface area contributed by atoms with Crippen molar-refractivity contribution in [2.75, 3.05) is 0 Å². The number of nitro groups is 1. The number of carbonyl (C=O) groups is 1. The van der Waals surface area contributed by atoms with Gasteiger partial charge in [-0.3, -0.25) is 15.2 Å². The van der Waals surface area contributed by atoms with E-state index in [9.17, 15) is 14.9 Å². The predicted octanol–water partition coefficient (Wildman–Crippen LogP) is -0.694. The lowest BCUT2D eigenvalue weighted by Gasteiger charge is -2.01. The lowest BCUT2D eigenvalue weighted by atomic mass is 10.2. The topological polar surface area (TPSA) is 129 Å². The number of nitrogens with zero attached hydrogens (tertiary/aromatic N) is 2. The average Bonchev–Trinajstić information content (AvgIpc) is 2.52. The summed E-state index contributed by atoms with van der Waals surface area (Å²) in [5, 5.41) is 33.3. The number of aromatic nitrogens is 2. The van der Waals surface area contributed by atoms with E-state index in [1.165, 1.54) is 0 Å². The number of carboxylic acids is 1. The molecule has 1 aromatic rings. The Kier molecular flexibility index (Phi) is 2.77. The second kappa shape index (κ2) is 3.83. The number of hydrogen-bond donors (Lipinski definition) is 3. The first kappa shape index (κ1) is 10.1. The van der Waals surface area contributed by atoms with Gasteiger partial charge in [-0.1, -0.05) is 0 Å². The summed E-state index contributed by atoms with van der Waals surface area (Å²) in [4.78, 5) is 19.9. The Morgan fingerprint density at radius 3 is 2.93 bits per heavy atom. The molecule has 0 aliphatic carbocycles. The van der Waals surface area contributed by atoms with Crippen LogP contribution in [-0.2, 0) is 11.2 Å². The molecule has 8 nitrogen and oxygen atoms in total. The smallest absolute Gasteiger partial charge is 0.332 e. The number of aliphatic hydroxyl groups excluding tert-OH is 1. The second-order valence-electron chi connectivity index (χ2n) is 2.55. The molecule has 1 heterocycles. The van der Waals surface area contributed by atoms with Crippen LogP contribution < -0.4 is 0 Å². The third-order valence-electron chi connectivity index (χ3n) is 1.57. The van der Waals surface area contributed by atoms with Crippen molar-refractivity contribution in [3.63, 3.8) is 0 Å². The van der Waals surface area contributed by atoms with Crippen LogP contribution in [0.4, 0.5) is 5.69 Å². The van der Waals surface area contributed by atoms with Gasteiger partial charge < -0.3 is 10.2 Å². The van der Waals surface area contributed by atoms with E-state index >= 15 is 0 Å². The van der Waals surface area contributed by atoms with Gasteiger partial charge in [0.25, 0.3) is 0 Å². The highest BCUT2D eigenvalue weighted by Gasteiger charge is 2.22. The molecule has 0 bridgehead atoms. The maximum Gasteiger partial charge on any atom is 0.332 e. The molecule has 0 aromatic carbocycles. The summed E-state index contributed by atoms with van der Waals surface area (Å²) in [7, 11) is 0. The molecule has 1 aromatic heterocycles. The molecule has 0 saturated heterocycles. The molecule has 0 aliphatic rings. The lowest BCUT2D eigenvalue weighted by Crippen LogP contribution is -2.22. The van der Waals surface area contributed by atoms with Crippen molar-refractivity contribution in [2.45, 2.75) is 12.5 Å². The molecule has 0 radical (unpaired) electrons. The van der Waals surface area contributed by atoms with Gasteiger partial charge >= 0.3 is 11.7 Å². The van der Waals surface area contributed by atoms with Crippen LogP contribution in [-0.4, -0.2) is 37.4 Å². The molecule has 1 atom stereocenters. The minimum Gasteiger partial charge on any atom is -0.479 e. The Morgan fingerprint density at radius 2 is 2.43 bits per heavy atom. The second-order valence-corrected chi connectivity index (χ2v) is 2.55. The highest BCUT2D eigenvalue weighted by atomic mass is 16.6. The van der Waals surface area contributed by atoms with Crippen molar-refractivity contribution in [1.29, 1.82) is 0 Å². The fourth-order valence-electron chi connectivity index (χ4n) is 0.895. The highest BCUT2D eigenvalue weighted by molar-refractivity contribution is 5.72. The Hall–Kier alpha value is -1.96. The van der Waals surface area contributed by atoms with Gasteiger partial charge in [-0.25, -0.2) is 4.79 Å². The van der Waals surface area contributed by atoms with Crippen LogP contribution >= 0.6 is 0 Å². The largest absolute Gasteiger partial charge is 0.479 e. The monoisotopic (exact) mass is 201 g/mol. The van der Waals surface area contributed by atoms with Gasteiger partial charge in [-0.05, 0) is 0 Å². The van der Waals surface area contributed by atoms with E-state index in [-0.39, 0.29) is 17.8 Å². The number of nitrogens with one attached hydrogen (secondary N) is 1. The van der Waals surface area contributed by atoms with E-state index in [0.29, 0.717) is 0 Å². The first-order chi connectivity index (χ1) is 6.52. The van der Waals surface area contributed by atoms with Crippen LogP contribution in [0.3, 0.4) is 0 Å². The molecular weight excluding hydrogens is 194 g/mol. The minimum absolute atomic E-state index is 0.00935. The zero-order valence-corrected chi connectivity index (χ0v) is 6.88. The number of hydrogen-bond acceptors (Lipinski definition) is 5.